The van der Waals surface area contributed by atoms with Crippen molar-refractivity contribution in [3.63, 3.8) is 0 Å². The van der Waals surface area contributed by atoms with Crippen molar-refractivity contribution in [2.24, 2.45) is 0 Å². The van der Waals surface area contributed by atoms with Gasteiger partial charge in [-0.15, -0.1) is 0 Å². The Labute approximate surface area is 125 Å². The molecule has 1 N–H and O–H groups in total. The maximum Gasteiger partial charge on any atom is 0.264 e. The summed E-state index contributed by atoms with van der Waals surface area (Å²) in [5, 5.41) is 3.03. The SMILES string of the molecule is CNc1cc(C)c(S(=O)(=O)N(C)c2cccnc2)c(C)c1. The van der Waals surface area contributed by atoms with E-state index in [4.69, 9.17) is 0 Å². The summed E-state index contributed by atoms with van der Waals surface area (Å²) in [5.74, 6) is 0. The number of pyridine rings is 1. The van der Waals surface area contributed by atoms with E-state index in [-0.39, 0.29) is 0 Å². The van der Waals surface area contributed by atoms with E-state index in [1.807, 2.05) is 19.2 Å². The van der Waals surface area contributed by atoms with Crippen LogP contribution in [0.25, 0.3) is 0 Å². The number of hydrogen-bond acceptors (Lipinski definition) is 4. The average molecular weight is 305 g/mol. The molecule has 0 spiro atoms. The summed E-state index contributed by atoms with van der Waals surface area (Å²) in [7, 11) is -0.264. The van der Waals surface area contributed by atoms with Crippen LogP contribution in [-0.2, 0) is 10.0 Å². The second-order valence-electron chi connectivity index (χ2n) is 4.87. The molecule has 21 heavy (non-hydrogen) atoms. The number of sulfonamides is 1. The summed E-state index contributed by atoms with van der Waals surface area (Å²) in [6.07, 6.45) is 3.15. The smallest absolute Gasteiger partial charge is 0.264 e. The fourth-order valence-electron chi connectivity index (χ4n) is 2.32. The lowest BCUT2D eigenvalue weighted by molar-refractivity contribution is 0.593. The molecule has 112 valence electrons. The molecule has 0 aliphatic rings. The first-order valence-corrected chi connectivity index (χ1v) is 8.00. The van der Waals surface area contributed by atoms with Crippen LogP contribution < -0.4 is 9.62 Å². The standard InChI is InChI=1S/C15H19N3O2S/c1-11-8-13(16-3)9-12(2)15(11)21(19,20)18(4)14-6-5-7-17-10-14/h5-10,16H,1-4H3. The first kappa shape index (κ1) is 15.3. The van der Waals surface area contributed by atoms with Crippen molar-refractivity contribution in [3.8, 4) is 0 Å². The zero-order valence-electron chi connectivity index (χ0n) is 12.6. The lowest BCUT2D eigenvalue weighted by Gasteiger charge is -2.22. The molecule has 1 aromatic heterocycles. The monoisotopic (exact) mass is 305 g/mol. The number of aryl methyl sites for hydroxylation is 2. The van der Waals surface area contributed by atoms with Crippen molar-refractivity contribution < 1.29 is 8.42 Å². The number of nitrogens with zero attached hydrogens (tertiary/aromatic N) is 2. The van der Waals surface area contributed by atoms with E-state index in [0.29, 0.717) is 10.6 Å². The van der Waals surface area contributed by atoms with E-state index < -0.39 is 10.0 Å². The minimum Gasteiger partial charge on any atom is -0.388 e. The highest BCUT2D eigenvalue weighted by molar-refractivity contribution is 7.92. The molecule has 0 saturated carbocycles. The van der Waals surface area contributed by atoms with Gasteiger partial charge in [0.2, 0.25) is 0 Å². The molecule has 0 saturated heterocycles. The lowest BCUT2D eigenvalue weighted by atomic mass is 10.1. The molecule has 5 nitrogen and oxygen atoms in total. The second kappa shape index (κ2) is 5.73. The molecule has 1 heterocycles. The van der Waals surface area contributed by atoms with Gasteiger partial charge in [-0.2, -0.15) is 0 Å². The second-order valence-corrected chi connectivity index (χ2v) is 6.78. The van der Waals surface area contributed by atoms with Gasteiger partial charge >= 0.3 is 0 Å². The molecule has 6 heteroatoms. The minimum atomic E-state index is -3.61. The summed E-state index contributed by atoms with van der Waals surface area (Å²) in [6.45, 7) is 3.61. The van der Waals surface area contributed by atoms with Gasteiger partial charge in [-0.25, -0.2) is 8.42 Å². The van der Waals surface area contributed by atoms with Crippen LogP contribution >= 0.6 is 0 Å². The highest BCUT2D eigenvalue weighted by Crippen LogP contribution is 2.28. The number of anilines is 2. The Morgan fingerprint density at radius 1 is 1.19 bits per heavy atom. The first-order valence-electron chi connectivity index (χ1n) is 6.56. The van der Waals surface area contributed by atoms with Crippen molar-refractivity contribution in [1.82, 2.24) is 4.98 Å². The maximum absolute atomic E-state index is 12.9. The van der Waals surface area contributed by atoms with Crippen LogP contribution in [0.2, 0.25) is 0 Å². The molecule has 0 aliphatic carbocycles. The van der Waals surface area contributed by atoms with E-state index in [0.717, 1.165) is 16.8 Å². The molecule has 0 bridgehead atoms. The predicted octanol–water partition coefficient (Wildman–Crippen LogP) is 2.57. The number of aromatic nitrogens is 1. The molecular weight excluding hydrogens is 286 g/mol. The zero-order chi connectivity index (χ0) is 15.6. The molecule has 1 aromatic carbocycles. The summed E-state index contributed by atoms with van der Waals surface area (Å²) in [4.78, 5) is 4.31. The predicted molar refractivity (Wildman–Crippen MR) is 85.3 cm³/mol. The van der Waals surface area contributed by atoms with Crippen molar-refractivity contribution in [1.29, 1.82) is 0 Å². The van der Waals surface area contributed by atoms with Gasteiger partial charge < -0.3 is 5.32 Å². The van der Waals surface area contributed by atoms with Gasteiger partial charge in [0.25, 0.3) is 10.0 Å². The summed E-state index contributed by atoms with van der Waals surface area (Å²) in [6, 6.07) is 7.09. The molecule has 0 unspecified atom stereocenters. The van der Waals surface area contributed by atoms with Crippen LogP contribution in [0.15, 0.2) is 41.6 Å². The van der Waals surface area contributed by atoms with Gasteiger partial charge in [-0.1, -0.05) is 0 Å². The number of hydrogen-bond donors (Lipinski definition) is 1. The van der Waals surface area contributed by atoms with Crippen LogP contribution in [0.3, 0.4) is 0 Å². The highest BCUT2D eigenvalue weighted by atomic mass is 32.2. The molecular formula is C15H19N3O2S. The van der Waals surface area contributed by atoms with Crippen molar-refractivity contribution in [2.45, 2.75) is 18.7 Å². The fourth-order valence-corrected chi connectivity index (χ4v) is 3.91. The molecule has 0 radical (unpaired) electrons. The van der Waals surface area contributed by atoms with E-state index in [1.54, 1.807) is 32.2 Å². The van der Waals surface area contributed by atoms with Crippen LogP contribution in [0.4, 0.5) is 11.4 Å². The van der Waals surface area contributed by atoms with Crippen molar-refractivity contribution in [2.75, 3.05) is 23.7 Å². The average Bonchev–Trinajstić information content (AvgIpc) is 2.46. The Bertz CT molecular complexity index is 720. The molecule has 2 aromatic rings. The van der Waals surface area contributed by atoms with Crippen LogP contribution in [0.5, 0.6) is 0 Å². The Morgan fingerprint density at radius 3 is 2.29 bits per heavy atom. The summed E-state index contributed by atoms with van der Waals surface area (Å²) < 4.78 is 27.0. The van der Waals surface area contributed by atoms with Crippen LogP contribution in [-0.4, -0.2) is 27.5 Å². The van der Waals surface area contributed by atoms with Crippen molar-refractivity contribution in [3.05, 3.63) is 47.8 Å². The van der Waals surface area contributed by atoms with Crippen LogP contribution in [0, 0.1) is 13.8 Å². The molecule has 0 fully saturated rings. The van der Waals surface area contributed by atoms with Crippen LogP contribution in [0.1, 0.15) is 11.1 Å². The Balaban J connectivity index is 2.55. The molecule has 2 rings (SSSR count). The van der Waals surface area contributed by atoms with Gasteiger partial charge in [0, 0.05) is 26.0 Å². The Kier molecular flexibility index (Phi) is 4.18. The lowest BCUT2D eigenvalue weighted by Crippen LogP contribution is -2.28. The van der Waals surface area contributed by atoms with E-state index in [9.17, 15) is 8.42 Å². The van der Waals surface area contributed by atoms with Gasteiger partial charge in [0.05, 0.1) is 16.8 Å². The molecule has 0 aliphatic heterocycles. The number of nitrogens with one attached hydrogen (secondary N) is 1. The zero-order valence-corrected chi connectivity index (χ0v) is 13.4. The van der Waals surface area contributed by atoms with Gasteiger partial charge in [-0.3, -0.25) is 9.29 Å². The van der Waals surface area contributed by atoms with E-state index >= 15 is 0 Å². The molecule has 0 atom stereocenters. The fraction of sp³-hybridized carbons (Fsp3) is 0.267. The van der Waals surface area contributed by atoms with E-state index in [1.165, 1.54) is 17.5 Å². The van der Waals surface area contributed by atoms with Gasteiger partial charge in [-0.05, 0) is 49.2 Å². The third kappa shape index (κ3) is 2.85. The number of benzene rings is 1. The summed E-state index contributed by atoms with van der Waals surface area (Å²) >= 11 is 0. The van der Waals surface area contributed by atoms with Gasteiger partial charge in [0.1, 0.15) is 0 Å². The third-order valence-corrected chi connectivity index (χ3v) is 5.47. The molecule has 0 amide bonds. The largest absolute Gasteiger partial charge is 0.388 e. The van der Waals surface area contributed by atoms with Gasteiger partial charge in [0.15, 0.2) is 0 Å². The third-order valence-electron chi connectivity index (χ3n) is 3.38. The topological polar surface area (TPSA) is 62.3 Å². The Hall–Kier alpha value is -2.08. The highest BCUT2D eigenvalue weighted by Gasteiger charge is 2.25. The van der Waals surface area contributed by atoms with Crippen molar-refractivity contribution >= 4 is 21.4 Å². The first-order chi connectivity index (χ1) is 9.87. The summed E-state index contributed by atoms with van der Waals surface area (Å²) in [5.41, 5.74) is 2.87. The normalized spacial score (nSPS) is 11.2. The Morgan fingerprint density at radius 2 is 1.81 bits per heavy atom. The minimum absolute atomic E-state index is 0.341. The maximum atomic E-state index is 12.9. The van der Waals surface area contributed by atoms with E-state index in [2.05, 4.69) is 10.3 Å². The number of rotatable bonds is 4. The quantitative estimate of drug-likeness (QED) is 0.943.